The number of hydrogen-bond donors (Lipinski definition) is 0. The average molecular weight is 1500 g/mol. The van der Waals surface area contributed by atoms with E-state index in [9.17, 15) is 0 Å². The van der Waals surface area contributed by atoms with Crippen LogP contribution in [0.3, 0.4) is 0 Å². The molecule has 0 radical (unpaired) electrons. The molecule has 0 atom stereocenters. The van der Waals surface area contributed by atoms with Gasteiger partial charge in [-0.15, -0.1) is 0 Å². The Morgan fingerprint density at radius 1 is 0.0932 bits per heavy atom. The van der Waals surface area contributed by atoms with Crippen molar-refractivity contribution in [3.63, 3.8) is 0 Å². The molecule has 4 heterocycles. The predicted octanol–water partition coefficient (Wildman–Crippen LogP) is 30.8. The maximum Gasteiger partial charge on any atom is 0.0541 e. The summed E-state index contributed by atoms with van der Waals surface area (Å²) in [5.74, 6) is 0. The minimum Gasteiger partial charge on any atom is -0.309 e. The van der Waals surface area contributed by atoms with E-state index in [-0.39, 0.29) is 0 Å². The van der Waals surface area contributed by atoms with E-state index in [2.05, 4.69) is 479 Å². The van der Waals surface area contributed by atoms with Gasteiger partial charge in [0.05, 0.1) is 44.1 Å². The lowest BCUT2D eigenvalue weighted by molar-refractivity contribution is 1.18. The van der Waals surface area contributed by atoms with E-state index < -0.39 is 0 Å². The van der Waals surface area contributed by atoms with Crippen molar-refractivity contribution in [1.82, 2.24) is 18.3 Å². The first-order chi connectivity index (χ1) is 58.5. The van der Waals surface area contributed by atoms with E-state index in [0.29, 0.717) is 0 Å². The smallest absolute Gasteiger partial charge is 0.0541 e. The predicted molar refractivity (Wildman–Crippen MR) is 499 cm³/mol. The number of aromatic nitrogens is 4. The van der Waals surface area contributed by atoms with Crippen molar-refractivity contribution in [2.45, 2.75) is 0 Å². The third-order valence-electron chi connectivity index (χ3n) is 23.8. The van der Waals surface area contributed by atoms with Crippen LogP contribution in [0.5, 0.6) is 0 Å². The van der Waals surface area contributed by atoms with Crippen LogP contribution in [0.15, 0.2) is 461 Å². The highest BCUT2D eigenvalue weighted by Crippen LogP contribution is 2.44. The first-order valence-electron chi connectivity index (χ1n) is 40.6. The molecule has 0 saturated heterocycles. The molecule has 0 aliphatic carbocycles. The van der Waals surface area contributed by atoms with Crippen molar-refractivity contribution >= 4 is 87.2 Å². The van der Waals surface area contributed by atoms with E-state index in [0.717, 1.165) is 22.7 Å². The molecule has 4 aromatic heterocycles. The van der Waals surface area contributed by atoms with Gasteiger partial charge < -0.3 is 18.3 Å². The molecule has 0 bridgehead atoms. The minimum atomic E-state index is 1.15. The van der Waals surface area contributed by atoms with Crippen LogP contribution in [0, 0.1) is 0 Å². The van der Waals surface area contributed by atoms with E-state index in [1.54, 1.807) is 0 Å². The van der Waals surface area contributed by atoms with Gasteiger partial charge in [0.2, 0.25) is 0 Å². The van der Waals surface area contributed by atoms with E-state index >= 15 is 0 Å². The summed E-state index contributed by atoms with van der Waals surface area (Å²) >= 11 is 0. The summed E-state index contributed by atoms with van der Waals surface area (Å²) in [6.45, 7) is 0. The van der Waals surface area contributed by atoms with Gasteiger partial charge >= 0.3 is 0 Å². The summed E-state index contributed by atoms with van der Waals surface area (Å²) in [6, 6.07) is 168. The fourth-order valence-corrected chi connectivity index (χ4v) is 18.1. The van der Waals surface area contributed by atoms with Gasteiger partial charge in [0.15, 0.2) is 0 Å². The fraction of sp³-hybridized carbons (Fsp3) is 0. The van der Waals surface area contributed by atoms with Gasteiger partial charge in [-0.3, -0.25) is 0 Å². The lowest BCUT2D eigenvalue weighted by Gasteiger charge is -2.12. The van der Waals surface area contributed by atoms with Gasteiger partial charge in [-0.25, -0.2) is 0 Å². The molecule has 0 unspecified atom stereocenters. The van der Waals surface area contributed by atoms with Crippen LogP contribution in [0.25, 0.3) is 210 Å². The summed E-state index contributed by atoms with van der Waals surface area (Å²) in [7, 11) is 0. The van der Waals surface area contributed by atoms with Gasteiger partial charge in [0.1, 0.15) is 0 Å². The van der Waals surface area contributed by atoms with Gasteiger partial charge in [0.25, 0.3) is 0 Å². The molecule has 0 N–H and O–H groups in total. The number of benzene rings is 19. The number of hydrogen-bond acceptors (Lipinski definition) is 0. The highest BCUT2D eigenvalue weighted by molar-refractivity contribution is 6.15. The number of rotatable bonds is 13. The van der Waals surface area contributed by atoms with Gasteiger partial charge in [-0.2, -0.15) is 0 Å². The molecule has 0 amide bonds. The molecule has 0 spiro atoms. The van der Waals surface area contributed by atoms with Crippen molar-refractivity contribution in [1.29, 1.82) is 0 Å². The zero-order valence-corrected chi connectivity index (χ0v) is 64.7. The Morgan fingerprint density at radius 2 is 0.246 bits per heavy atom. The normalized spacial score (nSPS) is 11.6. The van der Waals surface area contributed by atoms with Crippen LogP contribution in [0.1, 0.15) is 0 Å². The molecule has 4 nitrogen and oxygen atoms in total. The Bertz CT molecular complexity index is 7520. The number of fused-ring (bicyclic) bond motifs is 12. The Labute approximate surface area is 684 Å². The number of para-hydroxylation sites is 3. The van der Waals surface area contributed by atoms with Crippen LogP contribution >= 0.6 is 0 Å². The zero-order valence-electron chi connectivity index (χ0n) is 64.7. The topological polar surface area (TPSA) is 19.7 Å². The van der Waals surface area contributed by atoms with Crippen LogP contribution in [-0.4, -0.2) is 18.3 Å². The lowest BCUT2D eigenvalue weighted by Crippen LogP contribution is -1.94. The molecule has 118 heavy (non-hydrogen) atoms. The largest absolute Gasteiger partial charge is 0.309 e. The molecule has 0 aliphatic rings. The molecular weight excluding hydrogens is 1430 g/mol. The Kier molecular flexibility index (Phi) is 17.2. The standard InChI is InChI=1S/C60H40N2.C54H36N2/c1-4-14-41(15-5-1)44-26-28-45(29-27-44)47-21-13-22-51(37-47)61-57-25-11-10-24-53(57)54-39-49(31-34-58(54)61)50-32-35-60-56(40-50)55-38-48(43-18-8-3-9-19-43)30-33-59(55)62(60)52-23-12-20-46(36-52)42-16-6-2-7-17-42;1-3-13-37(14-4-1)41-17-11-19-45(33-41)55-51-23-9-7-21-47(51)49-35-43(29-31-53(49)55)39-25-27-40(28-26-39)44-30-32-54-50(36-44)48-22-8-10-24-52(48)56(54)46-20-12-18-42(34-46)38-15-5-2-6-16-38/h1-40H;1-36H. The summed E-state index contributed by atoms with van der Waals surface area (Å²) in [6.07, 6.45) is 0. The van der Waals surface area contributed by atoms with Crippen LogP contribution < -0.4 is 0 Å². The Morgan fingerprint density at radius 3 is 0.492 bits per heavy atom. The quantitative estimate of drug-likeness (QED) is 0.110. The van der Waals surface area contributed by atoms with Gasteiger partial charge in [-0.05, 0) is 228 Å². The van der Waals surface area contributed by atoms with Crippen LogP contribution in [-0.2, 0) is 0 Å². The minimum absolute atomic E-state index is 1.15. The Balaban J connectivity index is 0.000000143. The summed E-state index contributed by atoms with van der Waals surface area (Å²) < 4.78 is 9.65. The molecule has 0 fully saturated rings. The van der Waals surface area contributed by atoms with E-state index in [1.807, 2.05) is 0 Å². The first-order valence-corrected chi connectivity index (χ1v) is 40.6. The highest BCUT2D eigenvalue weighted by Gasteiger charge is 2.21. The molecule has 19 aromatic carbocycles. The summed E-state index contributed by atoms with van der Waals surface area (Å²) in [5.41, 5.74) is 36.0. The SMILES string of the molecule is c1ccc(-c2ccc(-c3cccc(-n4c5ccccc5c5cc(-c6ccc7c(c6)c6cc(-c8ccccc8)ccc6n7-c6cccc(-c7ccccc7)c6)ccc54)c3)cc2)cc1.c1ccc(-c2cccc(-n3c4ccccc4c4cc(-c5ccc(-c6ccc7c(c6)c6ccccc6n7-c6cccc(-c7ccccc7)c6)cc5)ccc43)c2)cc1. The second-order valence-corrected chi connectivity index (χ2v) is 30.7. The highest BCUT2D eigenvalue weighted by atomic mass is 15.0. The monoisotopic (exact) mass is 1500 g/mol. The third-order valence-corrected chi connectivity index (χ3v) is 23.8. The number of nitrogens with zero attached hydrogens (tertiary/aromatic N) is 4. The second-order valence-electron chi connectivity index (χ2n) is 30.7. The molecule has 0 aliphatic heterocycles. The fourth-order valence-electron chi connectivity index (χ4n) is 18.1. The second kappa shape index (κ2) is 29.4. The van der Waals surface area contributed by atoms with Crippen molar-refractivity contribution in [2.75, 3.05) is 0 Å². The summed E-state index contributed by atoms with van der Waals surface area (Å²) in [4.78, 5) is 0. The molecule has 23 aromatic rings. The van der Waals surface area contributed by atoms with Crippen molar-refractivity contribution in [2.24, 2.45) is 0 Å². The van der Waals surface area contributed by atoms with Crippen LogP contribution in [0.2, 0.25) is 0 Å². The molecular formula is C114H76N4. The summed E-state index contributed by atoms with van der Waals surface area (Å²) in [5, 5.41) is 9.97. The lowest BCUT2D eigenvalue weighted by atomic mass is 9.98. The molecule has 23 rings (SSSR count). The van der Waals surface area contributed by atoms with E-state index in [1.165, 1.54) is 187 Å². The van der Waals surface area contributed by atoms with Gasteiger partial charge in [-0.1, -0.05) is 334 Å². The van der Waals surface area contributed by atoms with Crippen molar-refractivity contribution in [3.8, 4) is 123 Å². The molecule has 552 valence electrons. The van der Waals surface area contributed by atoms with Gasteiger partial charge in [0, 0.05) is 65.8 Å². The maximum atomic E-state index is 2.43. The van der Waals surface area contributed by atoms with E-state index in [4.69, 9.17) is 0 Å². The Hall–Kier alpha value is -15.6. The maximum absolute atomic E-state index is 2.43. The average Bonchev–Trinajstić information content (AvgIpc) is 1.59. The zero-order chi connectivity index (χ0) is 78.0. The third kappa shape index (κ3) is 12.4. The molecule has 4 heteroatoms. The first kappa shape index (κ1) is 69.1. The molecule has 0 saturated carbocycles. The van der Waals surface area contributed by atoms with Crippen molar-refractivity contribution in [3.05, 3.63) is 461 Å². The van der Waals surface area contributed by atoms with Crippen molar-refractivity contribution < 1.29 is 0 Å². The van der Waals surface area contributed by atoms with Crippen LogP contribution in [0.4, 0.5) is 0 Å².